The molecule has 0 aliphatic heterocycles. The van der Waals surface area contributed by atoms with Gasteiger partial charge in [0.05, 0.1) is 18.9 Å². The molecule has 4 nitrogen and oxygen atoms in total. The molecule has 0 aromatic heterocycles. The molecule has 0 fully saturated rings. The van der Waals surface area contributed by atoms with Crippen molar-refractivity contribution in [1.82, 2.24) is 5.43 Å². The summed E-state index contributed by atoms with van der Waals surface area (Å²) in [4.78, 5) is 10.5. The number of hydrazone groups is 1. The first-order valence-electron chi connectivity index (χ1n) is 4.28. The number of methoxy groups -OCH3 is 1. The zero-order valence-electron chi connectivity index (χ0n) is 8.73. The van der Waals surface area contributed by atoms with E-state index >= 15 is 0 Å². The van der Waals surface area contributed by atoms with Crippen molar-refractivity contribution in [3.05, 3.63) is 34.6 Å². The molecule has 0 aliphatic rings. The number of carbonyl (C=O) groups excluding carboxylic acids is 1. The fraction of sp³-hybridized carbons (Fsp3) is 0.111. The number of hydrogen-bond donors (Lipinski definition) is 1. The van der Waals surface area contributed by atoms with Gasteiger partial charge in [0.2, 0.25) is 5.82 Å². The standard InChI is InChI=1S/C9H5F5N2O2/c1-18-9(17)16-15-2-3-4(10)6(12)8(14)7(13)5(3)11/h2H,1H3,(H,16,17)/b15-2+. The number of carbonyl (C=O) groups is 1. The maximum absolute atomic E-state index is 13.1. The molecule has 98 valence electrons. The highest BCUT2D eigenvalue weighted by Gasteiger charge is 2.24. The summed E-state index contributed by atoms with van der Waals surface area (Å²) in [6, 6.07) is 0. The smallest absolute Gasteiger partial charge is 0.427 e. The Morgan fingerprint density at radius 1 is 1.06 bits per heavy atom. The molecule has 0 aliphatic carbocycles. The predicted molar refractivity (Wildman–Crippen MR) is 49.4 cm³/mol. The van der Waals surface area contributed by atoms with Gasteiger partial charge in [0, 0.05) is 0 Å². The van der Waals surface area contributed by atoms with E-state index in [2.05, 4.69) is 9.84 Å². The van der Waals surface area contributed by atoms with Gasteiger partial charge in [-0.3, -0.25) is 0 Å². The number of nitrogens with zero attached hydrogens (tertiary/aromatic N) is 1. The minimum atomic E-state index is -2.27. The van der Waals surface area contributed by atoms with E-state index in [9.17, 15) is 26.7 Å². The monoisotopic (exact) mass is 268 g/mol. The SMILES string of the molecule is COC(=O)N/N=C/c1c(F)c(F)c(F)c(F)c1F. The van der Waals surface area contributed by atoms with Gasteiger partial charge in [-0.1, -0.05) is 0 Å². The van der Waals surface area contributed by atoms with E-state index in [1.165, 1.54) is 0 Å². The number of ether oxygens (including phenoxy) is 1. The van der Waals surface area contributed by atoms with Crippen molar-refractivity contribution >= 4 is 12.3 Å². The van der Waals surface area contributed by atoms with Gasteiger partial charge in [-0.25, -0.2) is 32.2 Å². The highest BCUT2D eigenvalue weighted by molar-refractivity contribution is 5.81. The van der Waals surface area contributed by atoms with Crippen molar-refractivity contribution in [2.24, 2.45) is 5.10 Å². The second kappa shape index (κ2) is 5.43. The maximum Gasteiger partial charge on any atom is 0.427 e. The molecular weight excluding hydrogens is 263 g/mol. The molecule has 18 heavy (non-hydrogen) atoms. The molecule has 0 spiro atoms. The van der Waals surface area contributed by atoms with Gasteiger partial charge < -0.3 is 4.74 Å². The second-order valence-corrected chi connectivity index (χ2v) is 2.85. The van der Waals surface area contributed by atoms with Crippen molar-refractivity contribution in [2.45, 2.75) is 0 Å². The van der Waals surface area contributed by atoms with Crippen molar-refractivity contribution in [3.8, 4) is 0 Å². The third-order valence-corrected chi connectivity index (χ3v) is 1.78. The van der Waals surface area contributed by atoms with Crippen LogP contribution >= 0.6 is 0 Å². The molecular formula is C9H5F5N2O2. The van der Waals surface area contributed by atoms with E-state index in [1.54, 1.807) is 5.43 Å². The zero-order chi connectivity index (χ0) is 13.9. The predicted octanol–water partition coefficient (Wildman–Crippen LogP) is 2.07. The molecule has 1 N–H and O–H groups in total. The zero-order valence-corrected chi connectivity index (χ0v) is 8.73. The molecule has 0 radical (unpaired) electrons. The van der Waals surface area contributed by atoms with Crippen LogP contribution in [0.5, 0.6) is 0 Å². The first-order chi connectivity index (χ1) is 8.40. The van der Waals surface area contributed by atoms with E-state index in [1.807, 2.05) is 0 Å². The average Bonchev–Trinajstić information content (AvgIpc) is 2.37. The summed E-state index contributed by atoms with van der Waals surface area (Å²) >= 11 is 0. The summed E-state index contributed by atoms with van der Waals surface area (Å²) in [7, 11) is 0.989. The van der Waals surface area contributed by atoms with Gasteiger partial charge in [0.25, 0.3) is 0 Å². The maximum atomic E-state index is 13.1. The van der Waals surface area contributed by atoms with Crippen molar-refractivity contribution in [1.29, 1.82) is 0 Å². The van der Waals surface area contributed by atoms with Crippen LogP contribution in [0, 0.1) is 29.1 Å². The van der Waals surface area contributed by atoms with Crippen molar-refractivity contribution in [2.75, 3.05) is 7.11 Å². The fourth-order valence-electron chi connectivity index (χ4n) is 0.930. The Labute approximate surface area is 97.0 Å². The molecule has 1 amide bonds. The van der Waals surface area contributed by atoms with Crippen LogP contribution in [0.3, 0.4) is 0 Å². The van der Waals surface area contributed by atoms with Crippen molar-refractivity contribution < 1.29 is 31.5 Å². The minimum absolute atomic E-state index is 0.271. The topological polar surface area (TPSA) is 50.7 Å². The van der Waals surface area contributed by atoms with Crippen LogP contribution in [-0.4, -0.2) is 19.4 Å². The summed E-state index contributed by atoms with van der Waals surface area (Å²) < 4.78 is 68.2. The van der Waals surface area contributed by atoms with Gasteiger partial charge in [-0.05, 0) is 0 Å². The van der Waals surface area contributed by atoms with E-state index in [-0.39, 0.29) is 6.21 Å². The Morgan fingerprint density at radius 2 is 1.50 bits per heavy atom. The lowest BCUT2D eigenvalue weighted by Gasteiger charge is -2.03. The number of amides is 1. The van der Waals surface area contributed by atoms with Crippen LogP contribution in [0.4, 0.5) is 26.7 Å². The Morgan fingerprint density at radius 3 is 1.94 bits per heavy atom. The Balaban J connectivity index is 3.14. The Bertz CT molecular complexity index is 489. The Hall–Kier alpha value is -2.19. The molecule has 1 aromatic rings. The normalized spacial score (nSPS) is 10.8. The molecule has 1 aromatic carbocycles. The summed E-state index contributed by atoms with van der Waals surface area (Å²) in [5.74, 6) is -10.6. The van der Waals surface area contributed by atoms with Crippen LogP contribution in [0.1, 0.15) is 5.56 Å². The average molecular weight is 268 g/mol. The highest BCUT2D eigenvalue weighted by Crippen LogP contribution is 2.21. The van der Waals surface area contributed by atoms with E-state index in [4.69, 9.17) is 0 Å². The molecule has 0 saturated carbocycles. The fourth-order valence-corrected chi connectivity index (χ4v) is 0.930. The first kappa shape index (κ1) is 13.9. The van der Waals surface area contributed by atoms with Crippen LogP contribution in [-0.2, 0) is 4.74 Å². The van der Waals surface area contributed by atoms with E-state index < -0.39 is 40.7 Å². The molecule has 0 atom stereocenters. The number of benzene rings is 1. The second-order valence-electron chi connectivity index (χ2n) is 2.85. The molecule has 9 heteroatoms. The number of halogens is 5. The van der Waals surface area contributed by atoms with Gasteiger partial charge >= 0.3 is 6.09 Å². The molecule has 0 saturated heterocycles. The van der Waals surface area contributed by atoms with Gasteiger partial charge in [0.15, 0.2) is 23.3 Å². The van der Waals surface area contributed by atoms with Crippen LogP contribution in [0.25, 0.3) is 0 Å². The quantitative estimate of drug-likeness (QED) is 0.293. The minimum Gasteiger partial charge on any atom is -0.452 e. The molecule has 1 rings (SSSR count). The third-order valence-electron chi connectivity index (χ3n) is 1.78. The van der Waals surface area contributed by atoms with Gasteiger partial charge in [0.1, 0.15) is 0 Å². The lowest BCUT2D eigenvalue weighted by molar-refractivity contribution is 0.171. The third kappa shape index (κ3) is 2.55. The number of nitrogens with one attached hydrogen (secondary N) is 1. The van der Waals surface area contributed by atoms with Crippen LogP contribution in [0.2, 0.25) is 0 Å². The summed E-state index contributed by atoms with van der Waals surface area (Å²) in [5, 5.41) is 2.96. The molecule has 0 heterocycles. The van der Waals surface area contributed by atoms with Crippen LogP contribution < -0.4 is 5.43 Å². The van der Waals surface area contributed by atoms with Gasteiger partial charge in [-0.15, -0.1) is 0 Å². The summed E-state index contributed by atoms with van der Waals surface area (Å²) in [5.41, 5.74) is 0.350. The lowest BCUT2D eigenvalue weighted by Crippen LogP contribution is -2.17. The van der Waals surface area contributed by atoms with Gasteiger partial charge in [-0.2, -0.15) is 5.10 Å². The summed E-state index contributed by atoms with van der Waals surface area (Å²) in [6.07, 6.45) is -0.803. The summed E-state index contributed by atoms with van der Waals surface area (Å²) in [6.45, 7) is 0. The van der Waals surface area contributed by atoms with E-state index in [0.29, 0.717) is 0 Å². The lowest BCUT2D eigenvalue weighted by atomic mass is 10.2. The molecule has 0 unspecified atom stereocenters. The highest BCUT2D eigenvalue weighted by atomic mass is 19.2. The number of rotatable bonds is 2. The molecule has 0 bridgehead atoms. The van der Waals surface area contributed by atoms with Crippen molar-refractivity contribution in [3.63, 3.8) is 0 Å². The van der Waals surface area contributed by atoms with Crippen LogP contribution in [0.15, 0.2) is 5.10 Å². The number of hydrogen-bond acceptors (Lipinski definition) is 3. The van der Waals surface area contributed by atoms with E-state index in [0.717, 1.165) is 7.11 Å². The largest absolute Gasteiger partial charge is 0.452 e. The first-order valence-corrected chi connectivity index (χ1v) is 4.28. The Kier molecular flexibility index (Phi) is 4.18.